The second kappa shape index (κ2) is 36.4. The highest BCUT2D eigenvalue weighted by atomic mass is 16.7. The SMILES string of the molecule is CCCCCCCC/C=C/CCCCCCCC(=O)OC[C@H](CO[C@@H]1O[C@H](CO[C@@H]2O[C@H](CO)[C@H](O)C(O)C2O)[C@H](O)C(O)C1O)OC(=O)CCCCCCCCCCCCCC. The van der Waals surface area contributed by atoms with Gasteiger partial charge in [0.1, 0.15) is 55.4 Å². The van der Waals surface area contributed by atoms with E-state index >= 15 is 0 Å². The molecule has 0 bridgehead atoms. The highest BCUT2D eigenvalue weighted by Crippen LogP contribution is 2.26. The molecule has 2 fully saturated rings. The number of hydrogen-bond acceptors (Lipinski definition) is 15. The van der Waals surface area contributed by atoms with Gasteiger partial charge < -0.3 is 64.2 Å². The van der Waals surface area contributed by atoms with Crippen molar-refractivity contribution in [3.05, 3.63) is 12.2 Å². The van der Waals surface area contributed by atoms with Gasteiger partial charge in [-0.1, -0.05) is 148 Å². The molecule has 0 aromatic heterocycles. The second-order valence-electron chi connectivity index (χ2n) is 17.6. The van der Waals surface area contributed by atoms with Gasteiger partial charge in [-0.25, -0.2) is 0 Å². The quantitative estimate of drug-likeness (QED) is 0.0208. The zero-order valence-electron chi connectivity index (χ0n) is 38.8. The predicted octanol–water partition coefficient (Wildman–Crippen LogP) is 6.21. The third-order valence-corrected chi connectivity index (χ3v) is 12.0. The van der Waals surface area contributed by atoms with Crippen molar-refractivity contribution in [2.45, 2.75) is 255 Å². The molecule has 15 heteroatoms. The third-order valence-electron chi connectivity index (χ3n) is 12.0. The summed E-state index contributed by atoms with van der Waals surface area (Å²) in [6, 6.07) is 0. The number of aliphatic hydroxyl groups excluding tert-OH is 7. The molecule has 0 aliphatic carbocycles. The van der Waals surface area contributed by atoms with Gasteiger partial charge in [-0.05, 0) is 38.5 Å². The van der Waals surface area contributed by atoms with Crippen LogP contribution in [-0.2, 0) is 38.0 Å². The van der Waals surface area contributed by atoms with Gasteiger partial charge in [0.25, 0.3) is 0 Å². The van der Waals surface area contributed by atoms with E-state index in [0.717, 1.165) is 57.8 Å². The number of unbranched alkanes of at least 4 members (excludes halogenated alkanes) is 22. The number of carbonyl (C=O) groups is 2. The van der Waals surface area contributed by atoms with Crippen LogP contribution in [0.15, 0.2) is 12.2 Å². The average Bonchev–Trinajstić information content (AvgIpc) is 3.28. The van der Waals surface area contributed by atoms with Crippen molar-refractivity contribution < 1.29 is 73.8 Å². The average molecular weight is 905 g/mol. The molecule has 7 N–H and O–H groups in total. The first-order chi connectivity index (χ1) is 30.5. The first-order valence-corrected chi connectivity index (χ1v) is 24.8. The van der Waals surface area contributed by atoms with Crippen molar-refractivity contribution in [1.29, 1.82) is 0 Å². The van der Waals surface area contributed by atoms with Gasteiger partial charge in [-0.3, -0.25) is 9.59 Å². The molecule has 2 aliphatic heterocycles. The summed E-state index contributed by atoms with van der Waals surface area (Å²) in [5.74, 6) is -0.928. The van der Waals surface area contributed by atoms with E-state index in [2.05, 4.69) is 26.0 Å². The van der Waals surface area contributed by atoms with E-state index in [-0.39, 0.29) is 26.1 Å². The van der Waals surface area contributed by atoms with Crippen LogP contribution in [0.4, 0.5) is 0 Å². The number of carbonyl (C=O) groups excluding carboxylic acids is 2. The molecular formula is C48H88O15. The summed E-state index contributed by atoms with van der Waals surface area (Å²) in [6.45, 7) is 2.58. The molecule has 0 spiro atoms. The standard InChI is InChI=1S/C48H88O15/c1-3-5-7-9-11-13-15-17-18-19-21-22-24-26-28-30-39(50)58-33-36(61-40(51)31-29-27-25-23-20-16-14-12-10-8-6-4-2)34-59-47-46(57)44(55)42(53)38(63-47)35-60-48-45(56)43(54)41(52)37(32-49)62-48/h17-18,36-38,41-49,52-57H,3-16,19-35H2,1-2H3/b18-17+/t36-,37-,38-,41+,42+,43?,44?,45?,46?,47-,48-/m1/s1. The first-order valence-electron chi connectivity index (χ1n) is 24.8. The van der Waals surface area contributed by atoms with E-state index in [9.17, 15) is 45.3 Å². The lowest BCUT2D eigenvalue weighted by atomic mass is 9.98. The fourth-order valence-corrected chi connectivity index (χ4v) is 7.86. The normalized spacial score (nSPS) is 26.9. The Kier molecular flexibility index (Phi) is 33.1. The number of allylic oxidation sites excluding steroid dienone is 2. The Bertz CT molecular complexity index is 1160. The van der Waals surface area contributed by atoms with Crippen molar-refractivity contribution in [3.63, 3.8) is 0 Å². The maximum atomic E-state index is 12.9. The van der Waals surface area contributed by atoms with Crippen molar-refractivity contribution >= 4 is 11.9 Å². The van der Waals surface area contributed by atoms with Crippen LogP contribution in [0.5, 0.6) is 0 Å². The van der Waals surface area contributed by atoms with Gasteiger partial charge in [-0.15, -0.1) is 0 Å². The maximum Gasteiger partial charge on any atom is 0.306 e. The fourth-order valence-electron chi connectivity index (χ4n) is 7.86. The van der Waals surface area contributed by atoms with Crippen LogP contribution in [0.3, 0.4) is 0 Å². The Hall–Kier alpha value is -1.76. The first kappa shape index (κ1) is 57.4. The van der Waals surface area contributed by atoms with Crippen LogP contribution in [-0.4, -0.2) is 142 Å². The van der Waals surface area contributed by atoms with Crippen LogP contribution >= 0.6 is 0 Å². The third kappa shape index (κ3) is 25.1. The largest absolute Gasteiger partial charge is 0.462 e. The minimum absolute atomic E-state index is 0.168. The lowest BCUT2D eigenvalue weighted by molar-refractivity contribution is -0.332. The summed E-state index contributed by atoms with van der Waals surface area (Å²) in [5, 5.41) is 71.9. The van der Waals surface area contributed by atoms with Crippen LogP contribution < -0.4 is 0 Å². The minimum Gasteiger partial charge on any atom is -0.462 e. The lowest BCUT2D eigenvalue weighted by Crippen LogP contribution is -2.61. The molecule has 0 radical (unpaired) electrons. The lowest BCUT2D eigenvalue weighted by Gasteiger charge is -2.42. The van der Waals surface area contributed by atoms with Crippen molar-refractivity contribution in [2.24, 2.45) is 0 Å². The van der Waals surface area contributed by atoms with Gasteiger partial charge in [-0.2, -0.15) is 0 Å². The Morgan fingerprint density at radius 2 is 0.905 bits per heavy atom. The van der Waals surface area contributed by atoms with Crippen molar-refractivity contribution in [3.8, 4) is 0 Å². The number of rotatable bonds is 38. The molecule has 2 heterocycles. The van der Waals surface area contributed by atoms with Gasteiger partial charge in [0, 0.05) is 12.8 Å². The van der Waals surface area contributed by atoms with E-state index < -0.39 is 92.7 Å². The molecule has 2 saturated heterocycles. The second-order valence-corrected chi connectivity index (χ2v) is 17.6. The molecule has 0 amide bonds. The Morgan fingerprint density at radius 3 is 1.40 bits per heavy atom. The van der Waals surface area contributed by atoms with Crippen LogP contribution in [0.1, 0.15) is 187 Å². The molecule has 0 aromatic carbocycles. The summed E-state index contributed by atoms with van der Waals surface area (Å²) in [7, 11) is 0. The topological polar surface area (TPSA) is 231 Å². The molecule has 0 aromatic rings. The minimum atomic E-state index is -1.76. The van der Waals surface area contributed by atoms with Crippen molar-refractivity contribution in [2.75, 3.05) is 26.4 Å². The molecular weight excluding hydrogens is 817 g/mol. The Balaban J connectivity index is 1.82. The number of aliphatic hydroxyl groups is 7. The molecule has 11 atom stereocenters. The highest BCUT2D eigenvalue weighted by molar-refractivity contribution is 5.70. The van der Waals surface area contributed by atoms with Crippen LogP contribution in [0.25, 0.3) is 0 Å². The fraction of sp³-hybridized carbons (Fsp3) is 0.917. The zero-order chi connectivity index (χ0) is 46.1. The van der Waals surface area contributed by atoms with E-state index in [4.69, 9.17) is 28.4 Å². The Morgan fingerprint density at radius 1 is 0.492 bits per heavy atom. The van der Waals surface area contributed by atoms with Crippen LogP contribution in [0, 0.1) is 0 Å². The molecule has 2 rings (SSSR count). The van der Waals surface area contributed by atoms with Gasteiger partial charge in [0.15, 0.2) is 18.7 Å². The van der Waals surface area contributed by atoms with Gasteiger partial charge >= 0.3 is 11.9 Å². The predicted molar refractivity (Wildman–Crippen MR) is 238 cm³/mol. The van der Waals surface area contributed by atoms with Crippen LogP contribution in [0.2, 0.25) is 0 Å². The highest BCUT2D eigenvalue weighted by Gasteiger charge is 2.47. The summed E-state index contributed by atoms with van der Waals surface area (Å²) in [5.41, 5.74) is 0. The summed E-state index contributed by atoms with van der Waals surface area (Å²) in [6.07, 6.45) is 16.7. The Labute approximate surface area is 378 Å². The monoisotopic (exact) mass is 905 g/mol. The number of ether oxygens (including phenoxy) is 6. The zero-order valence-corrected chi connectivity index (χ0v) is 38.8. The van der Waals surface area contributed by atoms with Gasteiger partial charge in [0.2, 0.25) is 0 Å². The van der Waals surface area contributed by atoms with Gasteiger partial charge in [0.05, 0.1) is 19.8 Å². The molecule has 15 nitrogen and oxygen atoms in total. The maximum absolute atomic E-state index is 12.9. The van der Waals surface area contributed by atoms with E-state index in [0.29, 0.717) is 12.8 Å². The molecule has 2 aliphatic rings. The molecule has 0 saturated carbocycles. The molecule has 63 heavy (non-hydrogen) atoms. The molecule has 4 unspecified atom stereocenters. The van der Waals surface area contributed by atoms with Crippen molar-refractivity contribution in [1.82, 2.24) is 0 Å². The molecule has 370 valence electrons. The number of hydrogen-bond donors (Lipinski definition) is 7. The summed E-state index contributed by atoms with van der Waals surface area (Å²) < 4.78 is 33.5. The summed E-state index contributed by atoms with van der Waals surface area (Å²) in [4.78, 5) is 25.7. The van der Waals surface area contributed by atoms with E-state index in [1.54, 1.807) is 0 Å². The van der Waals surface area contributed by atoms with E-state index in [1.807, 2.05) is 0 Å². The number of esters is 2. The van der Waals surface area contributed by atoms with E-state index in [1.165, 1.54) is 89.9 Å². The smallest absolute Gasteiger partial charge is 0.306 e. The summed E-state index contributed by atoms with van der Waals surface area (Å²) >= 11 is 0.